The molecule has 0 saturated heterocycles. The number of nitrogens with zero attached hydrogens (tertiary/aromatic N) is 1. The summed E-state index contributed by atoms with van der Waals surface area (Å²) >= 11 is 0. The first-order valence-corrected chi connectivity index (χ1v) is 7.48. The second-order valence-corrected chi connectivity index (χ2v) is 5.22. The standard InChI is InChI=1S/C19H18N2O2/c20-13-17(18(22)12-11-15-7-3-1-4-8-15)19(23)21-14-16-9-5-2-6-10-16/h1-10,17H,11-12,14H2,(H,21,23)/t17-/m0/s1. The molecule has 4 heteroatoms. The predicted molar refractivity (Wildman–Crippen MR) is 87.2 cm³/mol. The number of rotatable bonds is 7. The number of benzene rings is 2. The molecule has 2 rings (SSSR count). The topological polar surface area (TPSA) is 70.0 Å². The Balaban J connectivity index is 1.86. The third-order valence-electron chi connectivity index (χ3n) is 3.53. The van der Waals surface area contributed by atoms with Gasteiger partial charge in [-0.25, -0.2) is 0 Å². The smallest absolute Gasteiger partial charge is 0.245 e. The van der Waals surface area contributed by atoms with E-state index in [1.807, 2.05) is 66.7 Å². The molecule has 1 N–H and O–H groups in total. The number of nitrogens with one attached hydrogen (secondary N) is 1. The second kappa shape index (κ2) is 8.50. The van der Waals surface area contributed by atoms with Crippen LogP contribution in [0.3, 0.4) is 0 Å². The summed E-state index contributed by atoms with van der Waals surface area (Å²) in [6.45, 7) is 0.309. The van der Waals surface area contributed by atoms with Crippen molar-refractivity contribution in [3.63, 3.8) is 0 Å². The minimum atomic E-state index is -1.25. The van der Waals surface area contributed by atoms with Crippen molar-refractivity contribution in [2.45, 2.75) is 19.4 Å². The quantitative estimate of drug-likeness (QED) is 0.799. The number of nitriles is 1. The Kier molecular flexibility index (Phi) is 6.07. The van der Waals surface area contributed by atoms with E-state index < -0.39 is 11.8 Å². The van der Waals surface area contributed by atoms with E-state index in [1.165, 1.54) is 0 Å². The summed E-state index contributed by atoms with van der Waals surface area (Å²) in [4.78, 5) is 24.2. The van der Waals surface area contributed by atoms with Gasteiger partial charge in [-0.15, -0.1) is 0 Å². The lowest BCUT2D eigenvalue weighted by atomic mass is 9.98. The van der Waals surface area contributed by atoms with Crippen LogP contribution in [0.1, 0.15) is 17.5 Å². The summed E-state index contributed by atoms with van der Waals surface area (Å²) in [6, 6.07) is 20.7. The van der Waals surface area contributed by atoms with Crippen LogP contribution in [0.5, 0.6) is 0 Å². The highest BCUT2D eigenvalue weighted by atomic mass is 16.2. The average molecular weight is 306 g/mol. The van der Waals surface area contributed by atoms with Gasteiger partial charge in [0.05, 0.1) is 6.07 Å². The molecule has 0 heterocycles. The number of Topliss-reactive ketones (excluding diaryl/α,β-unsaturated/α-hetero) is 1. The zero-order valence-electron chi connectivity index (χ0n) is 12.7. The van der Waals surface area contributed by atoms with E-state index in [0.29, 0.717) is 13.0 Å². The molecule has 0 unspecified atom stereocenters. The van der Waals surface area contributed by atoms with Crippen LogP contribution in [0.25, 0.3) is 0 Å². The molecule has 1 atom stereocenters. The van der Waals surface area contributed by atoms with Crippen molar-refractivity contribution in [1.82, 2.24) is 5.32 Å². The third-order valence-corrected chi connectivity index (χ3v) is 3.53. The molecule has 2 aromatic carbocycles. The maximum atomic E-state index is 12.1. The number of carbonyl (C=O) groups excluding carboxylic acids is 2. The number of amides is 1. The summed E-state index contributed by atoms with van der Waals surface area (Å²) in [5, 5.41) is 11.8. The van der Waals surface area contributed by atoms with Gasteiger partial charge >= 0.3 is 0 Å². The highest BCUT2D eigenvalue weighted by Crippen LogP contribution is 2.08. The van der Waals surface area contributed by atoms with Gasteiger partial charge in [-0.3, -0.25) is 9.59 Å². The SMILES string of the molecule is N#C[C@@H](C(=O)CCc1ccccc1)C(=O)NCc1ccccc1. The Hall–Kier alpha value is -2.93. The lowest BCUT2D eigenvalue weighted by Gasteiger charge is -2.09. The number of ketones is 1. The number of aryl methyl sites for hydroxylation is 1. The molecular weight excluding hydrogens is 288 g/mol. The van der Waals surface area contributed by atoms with Crippen molar-refractivity contribution in [2.75, 3.05) is 0 Å². The van der Waals surface area contributed by atoms with E-state index in [0.717, 1.165) is 11.1 Å². The maximum Gasteiger partial charge on any atom is 0.245 e. The number of hydrogen-bond acceptors (Lipinski definition) is 3. The van der Waals surface area contributed by atoms with Crippen LogP contribution in [0.15, 0.2) is 60.7 Å². The fourth-order valence-electron chi connectivity index (χ4n) is 2.22. The molecule has 23 heavy (non-hydrogen) atoms. The molecule has 2 aromatic rings. The minimum Gasteiger partial charge on any atom is -0.350 e. The van der Waals surface area contributed by atoms with Crippen LogP contribution in [0.2, 0.25) is 0 Å². The van der Waals surface area contributed by atoms with Gasteiger partial charge in [0.2, 0.25) is 5.91 Å². The van der Waals surface area contributed by atoms with E-state index in [2.05, 4.69) is 5.32 Å². The van der Waals surface area contributed by atoms with Crippen molar-refractivity contribution in [1.29, 1.82) is 5.26 Å². The van der Waals surface area contributed by atoms with Gasteiger partial charge in [-0.1, -0.05) is 60.7 Å². The Labute approximate surface area is 135 Å². The summed E-state index contributed by atoms with van der Waals surface area (Å²) in [6.07, 6.45) is 0.713. The maximum absolute atomic E-state index is 12.1. The monoisotopic (exact) mass is 306 g/mol. The fraction of sp³-hybridized carbons (Fsp3) is 0.211. The van der Waals surface area contributed by atoms with Crippen molar-refractivity contribution in [3.8, 4) is 6.07 Å². The average Bonchev–Trinajstić information content (AvgIpc) is 2.60. The van der Waals surface area contributed by atoms with Gasteiger partial charge in [0.15, 0.2) is 11.7 Å². The van der Waals surface area contributed by atoms with E-state index in [4.69, 9.17) is 5.26 Å². The lowest BCUT2D eigenvalue weighted by molar-refractivity contribution is -0.131. The molecular formula is C19H18N2O2. The summed E-state index contributed by atoms with van der Waals surface area (Å²) in [5.74, 6) is -2.13. The summed E-state index contributed by atoms with van der Waals surface area (Å²) in [5.41, 5.74) is 1.94. The molecule has 0 aliphatic heterocycles. The van der Waals surface area contributed by atoms with E-state index >= 15 is 0 Å². The minimum absolute atomic E-state index is 0.182. The van der Waals surface area contributed by atoms with Crippen molar-refractivity contribution < 1.29 is 9.59 Å². The predicted octanol–water partition coefficient (Wildman–Crippen LogP) is 2.64. The molecule has 0 bridgehead atoms. The Morgan fingerprint density at radius 2 is 1.52 bits per heavy atom. The summed E-state index contributed by atoms with van der Waals surface area (Å²) in [7, 11) is 0. The van der Waals surface area contributed by atoms with Gasteiger partial charge in [0, 0.05) is 13.0 Å². The van der Waals surface area contributed by atoms with Crippen LogP contribution in [0.4, 0.5) is 0 Å². The van der Waals surface area contributed by atoms with Gasteiger partial charge in [0.25, 0.3) is 0 Å². The van der Waals surface area contributed by atoms with Crippen LogP contribution < -0.4 is 5.32 Å². The Bertz CT molecular complexity index is 635. The molecule has 0 radical (unpaired) electrons. The number of hydrogen-bond donors (Lipinski definition) is 1. The van der Waals surface area contributed by atoms with Gasteiger partial charge in [-0.2, -0.15) is 5.26 Å². The van der Waals surface area contributed by atoms with Crippen LogP contribution >= 0.6 is 0 Å². The molecule has 4 nitrogen and oxygen atoms in total. The van der Waals surface area contributed by atoms with Gasteiger partial charge < -0.3 is 5.32 Å². The van der Waals surface area contributed by atoms with E-state index in [1.54, 1.807) is 0 Å². The molecule has 0 saturated carbocycles. The normalized spacial score (nSPS) is 11.3. The lowest BCUT2D eigenvalue weighted by Crippen LogP contribution is -2.34. The molecule has 0 aliphatic rings. The Morgan fingerprint density at radius 3 is 2.09 bits per heavy atom. The largest absolute Gasteiger partial charge is 0.350 e. The molecule has 0 fully saturated rings. The van der Waals surface area contributed by atoms with Crippen molar-refractivity contribution in [3.05, 3.63) is 71.8 Å². The highest BCUT2D eigenvalue weighted by Gasteiger charge is 2.25. The fourth-order valence-corrected chi connectivity index (χ4v) is 2.22. The first kappa shape index (κ1) is 16.4. The van der Waals surface area contributed by atoms with Crippen LogP contribution in [-0.2, 0) is 22.6 Å². The van der Waals surface area contributed by atoms with Gasteiger partial charge in [0.1, 0.15) is 0 Å². The molecule has 0 aromatic heterocycles. The van der Waals surface area contributed by atoms with Gasteiger partial charge in [-0.05, 0) is 17.5 Å². The van der Waals surface area contributed by atoms with Crippen LogP contribution in [-0.4, -0.2) is 11.7 Å². The molecule has 1 amide bonds. The van der Waals surface area contributed by atoms with E-state index in [9.17, 15) is 9.59 Å². The molecule has 0 spiro atoms. The Morgan fingerprint density at radius 1 is 0.957 bits per heavy atom. The van der Waals surface area contributed by atoms with E-state index in [-0.39, 0.29) is 12.2 Å². The molecule has 0 aliphatic carbocycles. The van der Waals surface area contributed by atoms with Crippen LogP contribution in [0, 0.1) is 17.2 Å². The highest BCUT2D eigenvalue weighted by molar-refractivity contribution is 6.03. The van der Waals surface area contributed by atoms with Crippen molar-refractivity contribution in [2.24, 2.45) is 5.92 Å². The zero-order valence-corrected chi connectivity index (χ0v) is 12.7. The zero-order chi connectivity index (χ0) is 16.5. The molecule has 116 valence electrons. The number of carbonyl (C=O) groups is 2. The first-order valence-electron chi connectivity index (χ1n) is 7.48. The summed E-state index contributed by atoms with van der Waals surface area (Å²) < 4.78 is 0. The first-order chi connectivity index (χ1) is 11.2. The van der Waals surface area contributed by atoms with Crippen molar-refractivity contribution >= 4 is 11.7 Å². The third kappa shape index (κ3) is 5.08. The second-order valence-electron chi connectivity index (χ2n) is 5.22.